The molecule has 0 atom stereocenters. The van der Waals surface area contributed by atoms with Crippen molar-refractivity contribution in [3.63, 3.8) is 0 Å². The molecule has 82 valence electrons. The molecule has 0 spiro atoms. The average molecular weight is 254 g/mol. The number of rotatable bonds is 1. The van der Waals surface area contributed by atoms with Gasteiger partial charge in [0.05, 0.1) is 0 Å². The van der Waals surface area contributed by atoms with Gasteiger partial charge in [-0.2, -0.15) is 0 Å². The zero-order chi connectivity index (χ0) is 11.7. The summed E-state index contributed by atoms with van der Waals surface area (Å²) >= 11 is 11.9. The van der Waals surface area contributed by atoms with Crippen molar-refractivity contribution in [2.24, 2.45) is 0 Å². The smallest absolute Gasteiger partial charge is 0.248 e. The molecule has 0 unspecified atom stereocenters. The predicted octanol–water partition coefficient (Wildman–Crippen LogP) is 3.66. The zero-order valence-electron chi connectivity index (χ0n) is 8.55. The van der Waals surface area contributed by atoms with Crippen LogP contribution in [0.15, 0.2) is 35.3 Å². The van der Waals surface area contributed by atoms with E-state index in [2.05, 4.69) is 4.98 Å². The minimum Gasteiger partial charge on any atom is -0.329 e. The lowest BCUT2D eigenvalue weighted by Gasteiger charge is -2.07. The molecular formula is C12H9Cl2NO. The maximum absolute atomic E-state index is 11.3. The fourth-order valence-corrected chi connectivity index (χ4v) is 2.05. The highest BCUT2D eigenvalue weighted by atomic mass is 35.5. The molecule has 0 radical (unpaired) electrons. The first kappa shape index (κ1) is 11.2. The monoisotopic (exact) mass is 253 g/mol. The SMILES string of the molecule is Cc1c[nH]c(=O)cc1-c1ccc(Cl)cc1Cl. The van der Waals surface area contributed by atoms with Crippen LogP contribution in [0.4, 0.5) is 0 Å². The van der Waals surface area contributed by atoms with Gasteiger partial charge in [-0.25, -0.2) is 0 Å². The van der Waals surface area contributed by atoms with E-state index in [4.69, 9.17) is 23.2 Å². The summed E-state index contributed by atoms with van der Waals surface area (Å²) in [6.45, 7) is 1.91. The number of aromatic amines is 1. The summed E-state index contributed by atoms with van der Waals surface area (Å²) in [6.07, 6.45) is 1.67. The molecule has 2 nitrogen and oxygen atoms in total. The molecule has 0 aliphatic rings. The number of hydrogen-bond donors (Lipinski definition) is 1. The molecule has 4 heteroatoms. The summed E-state index contributed by atoms with van der Waals surface area (Å²) in [5.41, 5.74) is 2.45. The second-order valence-corrected chi connectivity index (χ2v) is 4.36. The molecule has 0 aliphatic carbocycles. The normalized spacial score (nSPS) is 10.4. The van der Waals surface area contributed by atoms with Gasteiger partial charge in [0.1, 0.15) is 0 Å². The van der Waals surface area contributed by atoms with E-state index in [9.17, 15) is 4.79 Å². The molecule has 2 aromatic rings. The van der Waals surface area contributed by atoms with Crippen LogP contribution in [0.25, 0.3) is 11.1 Å². The number of hydrogen-bond acceptors (Lipinski definition) is 1. The topological polar surface area (TPSA) is 32.9 Å². The summed E-state index contributed by atoms with van der Waals surface area (Å²) < 4.78 is 0. The van der Waals surface area contributed by atoms with Crippen LogP contribution in [0.2, 0.25) is 10.0 Å². The Morgan fingerprint density at radius 2 is 1.88 bits per heavy atom. The van der Waals surface area contributed by atoms with Crippen molar-refractivity contribution in [3.8, 4) is 11.1 Å². The standard InChI is InChI=1S/C12H9Cl2NO/c1-7-6-15-12(16)5-10(7)9-3-2-8(13)4-11(9)14/h2-6H,1H3,(H,15,16). The van der Waals surface area contributed by atoms with Crippen LogP contribution >= 0.6 is 23.2 Å². The van der Waals surface area contributed by atoms with E-state index in [-0.39, 0.29) is 5.56 Å². The highest BCUT2D eigenvalue weighted by molar-refractivity contribution is 6.36. The molecule has 16 heavy (non-hydrogen) atoms. The highest BCUT2D eigenvalue weighted by Crippen LogP contribution is 2.31. The van der Waals surface area contributed by atoms with E-state index < -0.39 is 0 Å². The molecule has 0 fully saturated rings. The van der Waals surface area contributed by atoms with E-state index >= 15 is 0 Å². The van der Waals surface area contributed by atoms with Gasteiger partial charge in [0.25, 0.3) is 0 Å². The second-order valence-electron chi connectivity index (χ2n) is 3.52. The Morgan fingerprint density at radius 3 is 2.56 bits per heavy atom. The number of halogens is 2. The summed E-state index contributed by atoms with van der Waals surface area (Å²) in [5, 5.41) is 1.12. The van der Waals surface area contributed by atoms with Crippen molar-refractivity contribution >= 4 is 23.2 Å². The van der Waals surface area contributed by atoms with Gasteiger partial charge in [-0.3, -0.25) is 4.79 Å². The van der Waals surface area contributed by atoms with Crippen LogP contribution in [0.5, 0.6) is 0 Å². The third kappa shape index (κ3) is 2.13. The van der Waals surface area contributed by atoms with Gasteiger partial charge in [0.15, 0.2) is 0 Å². The van der Waals surface area contributed by atoms with Crippen molar-refractivity contribution in [2.75, 3.05) is 0 Å². The molecule has 1 aromatic heterocycles. The van der Waals surface area contributed by atoms with Crippen LogP contribution in [0, 0.1) is 6.92 Å². The summed E-state index contributed by atoms with van der Waals surface area (Å²) in [7, 11) is 0. The fourth-order valence-electron chi connectivity index (χ4n) is 1.54. The largest absolute Gasteiger partial charge is 0.329 e. The number of benzene rings is 1. The van der Waals surface area contributed by atoms with Gasteiger partial charge in [0, 0.05) is 27.9 Å². The highest BCUT2D eigenvalue weighted by Gasteiger charge is 2.07. The van der Waals surface area contributed by atoms with Gasteiger partial charge in [-0.15, -0.1) is 0 Å². The first-order valence-electron chi connectivity index (χ1n) is 4.72. The lowest BCUT2D eigenvalue weighted by atomic mass is 10.0. The van der Waals surface area contributed by atoms with E-state index in [1.54, 1.807) is 18.3 Å². The third-order valence-electron chi connectivity index (χ3n) is 2.35. The first-order valence-corrected chi connectivity index (χ1v) is 5.48. The Kier molecular flexibility index (Phi) is 3.03. The van der Waals surface area contributed by atoms with Crippen molar-refractivity contribution in [2.45, 2.75) is 6.92 Å². The fraction of sp³-hybridized carbons (Fsp3) is 0.0833. The van der Waals surface area contributed by atoms with Crippen molar-refractivity contribution in [1.82, 2.24) is 4.98 Å². The molecule has 1 aromatic carbocycles. The summed E-state index contributed by atoms with van der Waals surface area (Å²) in [6, 6.07) is 6.76. The van der Waals surface area contributed by atoms with Crippen LogP contribution in [0.1, 0.15) is 5.56 Å². The number of nitrogens with one attached hydrogen (secondary N) is 1. The maximum Gasteiger partial charge on any atom is 0.248 e. The Labute approximate surface area is 103 Å². The molecule has 0 bridgehead atoms. The number of aryl methyl sites for hydroxylation is 1. The van der Waals surface area contributed by atoms with E-state index in [0.717, 1.165) is 16.7 Å². The van der Waals surface area contributed by atoms with Crippen LogP contribution in [-0.4, -0.2) is 4.98 Å². The van der Waals surface area contributed by atoms with Gasteiger partial charge in [-0.1, -0.05) is 29.3 Å². The van der Waals surface area contributed by atoms with E-state index in [1.807, 2.05) is 13.0 Å². The molecule has 2 rings (SSSR count). The van der Waals surface area contributed by atoms with Crippen molar-refractivity contribution in [1.29, 1.82) is 0 Å². The minimum absolute atomic E-state index is 0.147. The third-order valence-corrected chi connectivity index (χ3v) is 2.90. The van der Waals surface area contributed by atoms with Crippen molar-refractivity contribution < 1.29 is 0 Å². The summed E-state index contributed by atoms with van der Waals surface area (Å²) in [4.78, 5) is 13.9. The minimum atomic E-state index is -0.147. The Balaban J connectivity index is 2.67. The summed E-state index contributed by atoms with van der Waals surface area (Å²) in [5.74, 6) is 0. The van der Waals surface area contributed by atoms with Gasteiger partial charge >= 0.3 is 0 Å². The first-order chi connectivity index (χ1) is 7.58. The maximum atomic E-state index is 11.3. The molecular weight excluding hydrogens is 245 g/mol. The van der Waals surface area contributed by atoms with Gasteiger partial charge < -0.3 is 4.98 Å². The molecule has 0 saturated heterocycles. The Morgan fingerprint density at radius 1 is 1.12 bits per heavy atom. The lowest BCUT2D eigenvalue weighted by Crippen LogP contribution is -2.04. The second kappa shape index (κ2) is 4.32. The van der Waals surface area contributed by atoms with E-state index in [1.165, 1.54) is 6.07 Å². The van der Waals surface area contributed by atoms with Gasteiger partial charge in [-0.05, 0) is 30.2 Å². The van der Waals surface area contributed by atoms with Crippen LogP contribution in [0.3, 0.4) is 0 Å². The quantitative estimate of drug-likeness (QED) is 0.827. The molecule has 1 heterocycles. The number of aromatic nitrogens is 1. The molecule has 0 amide bonds. The molecule has 0 aliphatic heterocycles. The van der Waals surface area contributed by atoms with Crippen LogP contribution in [-0.2, 0) is 0 Å². The van der Waals surface area contributed by atoms with Crippen LogP contribution < -0.4 is 5.56 Å². The Bertz CT molecular complexity index is 590. The van der Waals surface area contributed by atoms with Crippen molar-refractivity contribution in [3.05, 3.63) is 56.4 Å². The van der Waals surface area contributed by atoms with E-state index in [0.29, 0.717) is 10.0 Å². The molecule has 0 saturated carbocycles. The number of H-pyrrole nitrogens is 1. The zero-order valence-corrected chi connectivity index (χ0v) is 10.1. The molecule has 1 N–H and O–H groups in total. The van der Waals surface area contributed by atoms with Gasteiger partial charge in [0.2, 0.25) is 5.56 Å². The Hall–Kier alpha value is -1.25. The lowest BCUT2D eigenvalue weighted by molar-refractivity contribution is 1.20. The predicted molar refractivity (Wildman–Crippen MR) is 67.3 cm³/mol. The number of pyridine rings is 1. The average Bonchev–Trinajstić information content (AvgIpc) is 2.22.